The van der Waals surface area contributed by atoms with Crippen LogP contribution in [0.4, 0.5) is 13.6 Å². The van der Waals surface area contributed by atoms with Gasteiger partial charge in [0.25, 0.3) is 0 Å². The van der Waals surface area contributed by atoms with Crippen molar-refractivity contribution in [2.24, 2.45) is 0 Å². The molecule has 0 N–H and O–H groups in total. The third-order valence-corrected chi connectivity index (χ3v) is 4.94. The quantitative estimate of drug-likeness (QED) is 0.600. The predicted molar refractivity (Wildman–Crippen MR) is 104 cm³/mol. The first-order chi connectivity index (χ1) is 13.8. The van der Waals surface area contributed by atoms with Crippen LogP contribution < -0.4 is 0 Å². The van der Waals surface area contributed by atoms with E-state index in [1.165, 1.54) is 24.3 Å². The van der Waals surface area contributed by atoms with Crippen molar-refractivity contribution < 1.29 is 23.2 Å². The molecular weight excluding hydrogens is 425 g/mol. The number of urea groups is 1. The Balaban J connectivity index is 1.75. The fraction of sp³-hybridized carbons (Fsp3) is 0.250. The maximum atomic E-state index is 14.6. The molecule has 0 unspecified atom stereocenters. The van der Waals surface area contributed by atoms with Crippen molar-refractivity contribution in [2.75, 3.05) is 13.1 Å². The highest BCUT2D eigenvalue weighted by Crippen LogP contribution is 2.27. The van der Waals surface area contributed by atoms with Crippen molar-refractivity contribution in [2.45, 2.75) is 18.8 Å². The van der Waals surface area contributed by atoms with Gasteiger partial charge < -0.3 is 0 Å². The van der Waals surface area contributed by atoms with Crippen LogP contribution in [0, 0.1) is 0 Å². The maximum Gasteiger partial charge on any atom is 0.333 e. The second-order valence-corrected chi connectivity index (χ2v) is 7.39. The molecule has 0 spiro atoms. The van der Waals surface area contributed by atoms with Gasteiger partial charge in [-0.05, 0) is 35.4 Å². The highest BCUT2D eigenvalue weighted by atomic mass is 35.5. The predicted octanol–water partition coefficient (Wildman–Crippen LogP) is 4.90. The van der Waals surface area contributed by atoms with Crippen LogP contribution in [0.1, 0.15) is 29.9 Å². The Bertz CT molecular complexity index is 883. The third-order valence-electron chi connectivity index (χ3n) is 4.47. The van der Waals surface area contributed by atoms with Gasteiger partial charge in [-0.15, -0.1) is 0 Å². The molecule has 29 heavy (non-hydrogen) atoms. The number of barbiturate groups is 1. The van der Waals surface area contributed by atoms with E-state index in [4.69, 9.17) is 23.2 Å². The lowest BCUT2D eigenvalue weighted by molar-refractivity contribution is -0.143. The number of hydrogen-bond donors (Lipinski definition) is 0. The summed E-state index contributed by atoms with van der Waals surface area (Å²) in [7, 11) is 0. The molecular formula is C20H16Cl2F2N2O3. The molecule has 0 aromatic heterocycles. The third kappa shape index (κ3) is 4.92. The highest BCUT2D eigenvalue weighted by molar-refractivity contribution is 6.30. The van der Waals surface area contributed by atoms with E-state index in [1.54, 1.807) is 24.3 Å². The van der Waals surface area contributed by atoms with E-state index in [2.05, 4.69) is 0 Å². The fourth-order valence-electron chi connectivity index (χ4n) is 2.97. The van der Waals surface area contributed by atoms with Crippen LogP contribution in [-0.4, -0.2) is 40.7 Å². The second kappa shape index (κ2) is 8.88. The number of alkyl halides is 2. The van der Waals surface area contributed by atoms with Gasteiger partial charge in [-0.2, -0.15) is 0 Å². The first-order valence-corrected chi connectivity index (χ1v) is 9.45. The molecule has 0 aliphatic carbocycles. The smallest absolute Gasteiger partial charge is 0.274 e. The summed E-state index contributed by atoms with van der Waals surface area (Å²) >= 11 is 11.7. The number of benzene rings is 2. The number of amides is 4. The number of halogens is 4. The Morgan fingerprint density at radius 2 is 1.21 bits per heavy atom. The lowest BCUT2D eigenvalue weighted by Gasteiger charge is -2.34. The van der Waals surface area contributed by atoms with Crippen LogP contribution in [-0.2, 0) is 9.59 Å². The van der Waals surface area contributed by atoms with Crippen LogP contribution in [0.25, 0.3) is 0 Å². The van der Waals surface area contributed by atoms with E-state index < -0.39 is 49.7 Å². The first-order valence-electron chi connectivity index (χ1n) is 8.70. The fourth-order valence-corrected chi connectivity index (χ4v) is 3.37. The van der Waals surface area contributed by atoms with Crippen molar-refractivity contribution in [1.29, 1.82) is 0 Å². The first kappa shape index (κ1) is 21.2. The van der Waals surface area contributed by atoms with Crippen LogP contribution in [0.5, 0.6) is 0 Å². The van der Waals surface area contributed by atoms with Gasteiger partial charge in [-0.3, -0.25) is 19.4 Å². The molecule has 2 aromatic carbocycles. The molecule has 5 nitrogen and oxygen atoms in total. The van der Waals surface area contributed by atoms with E-state index in [9.17, 15) is 23.2 Å². The summed E-state index contributed by atoms with van der Waals surface area (Å²) in [4.78, 5) is 38.2. The zero-order chi connectivity index (χ0) is 21.1. The minimum Gasteiger partial charge on any atom is -0.274 e. The zero-order valence-corrected chi connectivity index (χ0v) is 16.5. The zero-order valence-electron chi connectivity index (χ0n) is 15.0. The molecule has 3 rings (SSSR count). The Kier molecular flexibility index (Phi) is 6.49. The van der Waals surface area contributed by atoms with E-state index in [-0.39, 0.29) is 11.1 Å². The van der Waals surface area contributed by atoms with Crippen molar-refractivity contribution in [3.05, 3.63) is 69.7 Å². The van der Waals surface area contributed by atoms with Gasteiger partial charge in [-0.1, -0.05) is 47.5 Å². The SMILES string of the molecule is O=C1CC(=O)N(C[C@H](F)c2cccc(Cl)c2)C(=O)N1C[C@H](F)c1cccc(Cl)c1. The molecule has 2 atom stereocenters. The van der Waals surface area contributed by atoms with E-state index >= 15 is 0 Å². The molecule has 9 heteroatoms. The minimum atomic E-state index is -1.70. The van der Waals surface area contributed by atoms with Gasteiger partial charge in [0, 0.05) is 10.0 Å². The summed E-state index contributed by atoms with van der Waals surface area (Å²) in [6.07, 6.45) is -4.05. The molecule has 1 aliphatic heterocycles. The van der Waals surface area contributed by atoms with Crippen LogP contribution in [0.3, 0.4) is 0 Å². The molecule has 1 fully saturated rings. The molecule has 0 saturated carbocycles. The Morgan fingerprint density at radius 3 is 1.59 bits per heavy atom. The average molecular weight is 441 g/mol. The van der Waals surface area contributed by atoms with E-state index in [0.717, 1.165) is 0 Å². The average Bonchev–Trinajstić information content (AvgIpc) is 2.68. The number of nitrogens with zero attached hydrogens (tertiary/aromatic N) is 2. The van der Waals surface area contributed by atoms with Gasteiger partial charge in [0.1, 0.15) is 18.8 Å². The highest BCUT2D eigenvalue weighted by Gasteiger charge is 2.40. The summed E-state index contributed by atoms with van der Waals surface area (Å²) in [6.45, 7) is -1.20. The Hall–Kier alpha value is -2.51. The number of imide groups is 2. The normalized spacial score (nSPS) is 16.9. The van der Waals surface area contributed by atoms with Crippen LogP contribution in [0.2, 0.25) is 10.0 Å². The monoisotopic (exact) mass is 440 g/mol. The summed E-state index contributed by atoms with van der Waals surface area (Å²) in [5, 5.41) is 0.611. The lowest BCUT2D eigenvalue weighted by atomic mass is 10.1. The van der Waals surface area contributed by atoms with E-state index in [0.29, 0.717) is 19.8 Å². The van der Waals surface area contributed by atoms with Gasteiger partial charge in [0.05, 0.1) is 13.1 Å². The number of carbonyl (C=O) groups excluding carboxylic acids is 3. The van der Waals surface area contributed by atoms with Crippen LogP contribution in [0.15, 0.2) is 48.5 Å². The number of rotatable bonds is 6. The van der Waals surface area contributed by atoms with Crippen molar-refractivity contribution >= 4 is 41.0 Å². The Labute approximate surface area is 175 Å². The largest absolute Gasteiger partial charge is 0.333 e. The minimum absolute atomic E-state index is 0.184. The van der Waals surface area contributed by atoms with Gasteiger partial charge in [0.15, 0.2) is 0 Å². The molecule has 1 heterocycles. The molecule has 4 amide bonds. The van der Waals surface area contributed by atoms with Gasteiger partial charge >= 0.3 is 6.03 Å². The molecule has 0 bridgehead atoms. The van der Waals surface area contributed by atoms with Crippen molar-refractivity contribution in [1.82, 2.24) is 9.80 Å². The summed E-state index contributed by atoms with van der Waals surface area (Å²) in [5.41, 5.74) is 0.368. The lowest BCUT2D eigenvalue weighted by Crippen LogP contribution is -2.56. The number of hydrogen-bond acceptors (Lipinski definition) is 3. The topological polar surface area (TPSA) is 57.7 Å². The summed E-state index contributed by atoms with van der Waals surface area (Å²) in [6, 6.07) is 10.8. The van der Waals surface area contributed by atoms with Crippen molar-refractivity contribution in [3.63, 3.8) is 0 Å². The van der Waals surface area contributed by atoms with Crippen LogP contribution >= 0.6 is 23.2 Å². The molecule has 1 aliphatic rings. The molecule has 152 valence electrons. The Morgan fingerprint density at radius 1 is 0.793 bits per heavy atom. The molecule has 1 saturated heterocycles. The molecule has 2 aromatic rings. The van der Waals surface area contributed by atoms with Crippen molar-refractivity contribution in [3.8, 4) is 0 Å². The maximum absolute atomic E-state index is 14.6. The molecule has 0 radical (unpaired) electrons. The van der Waals surface area contributed by atoms with Gasteiger partial charge in [0.2, 0.25) is 11.8 Å². The van der Waals surface area contributed by atoms with E-state index in [1.807, 2.05) is 0 Å². The second-order valence-electron chi connectivity index (χ2n) is 6.51. The number of carbonyl (C=O) groups is 3. The van der Waals surface area contributed by atoms with Gasteiger partial charge in [-0.25, -0.2) is 13.6 Å². The summed E-state index contributed by atoms with van der Waals surface area (Å²) < 4.78 is 29.3. The summed E-state index contributed by atoms with van der Waals surface area (Å²) in [5.74, 6) is -1.67. The standard InChI is InChI=1S/C20H16Cl2F2N2O3/c21-14-5-1-3-12(7-14)16(23)10-25-18(27)9-19(28)26(20(25)29)11-17(24)13-4-2-6-15(22)8-13/h1-8,16-17H,9-11H2/t16-,17-/m0/s1.